The van der Waals surface area contributed by atoms with Crippen LogP contribution in [-0.4, -0.2) is 83.7 Å². The van der Waals surface area contributed by atoms with Gasteiger partial charge in [0.1, 0.15) is 46.6 Å². The van der Waals surface area contributed by atoms with E-state index in [1.165, 1.54) is 24.4 Å². The summed E-state index contributed by atoms with van der Waals surface area (Å²) in [4.78, 5) is 72.0. The van der Waals surface area contributed by atoms with Crippen molar-refractivity contribution < 1.29 is 44.0 Å². The lowest BCUT2D eigenvalue weighted by Gasteiger charge is -2.49. The standard InChI is InChI=1S/C26H21ClN6O9S/c27-13-6-10(3-4-15(13)34)16(31-21(36)12-7-30-14-2-1-5-29-17(14)20(12)35)22(37)32-18-23(38)33-19(25(39)40)11(8-42-26(28)41)9-43-24(18)33/h1-7,16,18,24,34H,8-9H2,(H2,28,41)(H,30,35)(H,31,36)(H,32,37)(H,39,40)/t16?,18?,24-/m0/s1. The van der Waals surface area contributed by atoms with Gasteiger partial charge in [0.25, 0.3) is 11.8 Å². The fourth-order valence-corrected chi connectivity index (χ4v) is 6.09. The summed E-state index contributed by atoms with van der Waals surface area (Å²) in [6.07, 6.45) is 1.40. The molecule has 0 aliphatic carbocycles. The van der Waals surface area contributed by atoms with Crippen molar-refractivity contribution in [3.63, 3.8) is 0 Å². The third kappa shape index (κ3) is 5.56. The van der Waals surface area contributed by atoms with Crippen molar-refractivity contribution in [3.8, 4) is 11.5 Å². The number of β-lactam (4-membered cyclic amide) rings is 1. The summed E-state index contributed by atoms with van der Waals surface area (Å²) in [5.74, 6) is -4.67. The number of pyridine rings is 2. The molecular weight excluding hydrogens is 608 g/mol. The molecule has 0 bridgehead atoms. The number of nitrogens with one attached hydrogen (secondary N) is 2. The van der Waals surface area contributed by atoms with Gasteiger partial charge in [0, 0.05) is 23.7 Å². The van der Waals surface area contributed by atoms with E-state index in [4.69, 9.17) is 22.1 Å². The van der Waals surface area contributed by atoms with Crippen LogP contribution in [0.3, 0.4) is 0 Å². The van der Waals surface area contributed by atoms with Crippen molar-refractivity contribution in [3.05, 3.63) is 70.1 Å². The number of phenolic OH excluding ortho intramolecular Hbond substituents is 1. The fraction of sp³-hybridized carbons (Fsp3) is 0.192. The van der Waals surface area contributed by atoms with Crippen LogP contribution in [0.25, 0.3) is 11.0 Å². The molecule has 5 rings (SSSR count). The number of hydrogen-bond acceptors (Lipinski definition) is 11. The summed E-state index contributed by atoms with van der Waals surface area (Å²) in [5, 5.41) is 34.4. The smallest absolute Gasteiger partial charge is 0.404 e. The molecule has 2 unspecified atom stereocenters. The molecule has 0 saturated carbocycles. The molecule has 1 saturated heterocycles. The number of nitrogens with two attached hydrogens (primary N) is 1. The van der Waals surface area contributed by atoms with Gasteiger partial charge in [-0.15, -0.1) is 11.8 Å². The Balaban J connectivity index is 1.40. The van der Waals surface area contributed by atoms with Crippen LogP contribution >= 0.6 is 23.4 Å². The van der Waals surface area contributed by atoms with Crippen LogP contribution in [0.2, 0.25) is 5.02 Å². The number of aromatic nitrogens is 2. The summed E-state index contributed by atoms with van der Waals surface area (Å²) in [5.41, 5.74) is 4.95. The van der Waals surface area contributed by atoms with Gasteiger partial charge < -0.3 is 36.4 Å². The maximum absolute atomic E-state index is 13.6. The van der Waals surface area contributed by atoms with Gasteiger partial charge in [-0.25, -0.2) is 9.59 Å². The molecule has 1 fully saturated rings. The zero-order valence-electron chi connectivity index (χ0n) is 21.7. The summed E-state index contributed by atoms with van der Waals surface area (Å²) < 4.78 is 4.70. The number of benzene rings is 1. The Labute approximate surface area is 250 Å². The van der Waals surface area contributed by atoms with Crippen LogP contribution in [0.4, 0.5) is 4.79 Å². The topological polar surface area (TPSA) is 234 Å². The Morgan fingerprint density at radius 3 is 2.67 bits per heavy atom. The first-order chi connectivity index (χ1) is 20.5. The number of halogens is 1. The Morgan fingerprint density at radius 1 is 1.21 bits per heavy atom. The third-order valence-electron chi connectivity index (χ3n) is 6.62. The van der Waals surface area contributed by atoms with Gasteiger partial charge in [-0.05, 0) is 29.8 Å². The van der Waals surface area contributed by atoms with Crippen LogP contribution in [-0.2, 0) is 19.1 Å². The van der Waals surface area contributed by atoms with Crippen molar-refractivity contribution in [1.29, 1.82) is 0 Å². The molecule has 3 aromatic rings. The van der Waals surface area contributed by atoms with Crippen LogP contribution in [0.15, 0.2) is 54.0 Å². The Morgan fingerprint density at radius 2 is 1.98 bits per heavy atom. The second-order valence-corrected chi connectivity index (χ2v) is 10.8. The van der Waals surface area contributed by atoms with Gasteiger partial charge in [0.2, 0.25) is 5.91 Å². The third-order valence-corrected chi connectivity index (χ3v) is 8.26. The molecule has 4 heterocycles. The van der Waals surface area contributed by atoms with Crippen molar-refractivity contribution in [1.82, 2.24) is 25.5 Å². The monoisotopic (exact) mass is 628 g/mol. The van der Waals surface area contributed by atoms with E-state index in [9.17, 15) is 39.3 Å². The van der Waals surface area contributed by atoms with Crippen molar-refractivity contribution >= 4 is 64.2 Å². The predicted molar refractivity (Wildman–Crippen MR) is 150 cm³/mol. The molecule has 2 aromatic heterocycles. The minimum Gasteiger partial charge on any atom is -0.506 e. The van der Waals surface area contributed by atoms with Crippen LogP contribution in [0.1, 0.15) is 22.0 Å². The molecule has 0 radical (unpaired) electrons. The first-order valence-electron chi connectivity index (χ1n) is 12.3. The van der Waals surface area contributed by atoms with Gasteiger partial charge in [0.05, 0.1) is 10.5 Å². The minimum atomic E-state index is -1.49. The number of nitrogens with zero attached hydrogens (tertiary/aromatic N) is 3. The number of fused-ring (bicyclic) bond motifs is 2. The lowest BCUT2D eigenvalue weighted by Crippen LogP contribution is -2.71. The predicted octanol–water partition coefficient (Wildman–Crippen LogP) is 0.999. The molecular formula is C26H21ClN6O9S. The number of thioether (sulfide) groups is 1. The Kier molecular flexibility index (Phi) is 7.97. The van der Waals surface area contributed by atoms with Crippen LogP contribution in [0, 0.1) is 0 Å². The quantitative estimate of drug-likeness (QED) is 0.192. The highest BCUT2D eigenvalue weighted by molar-refractivity contribution is 8.00. The van der Waals surface area contributed by atoms with E-state index in [0.29, 0.717) is 5.52 Å². The number of aromatic hydroxyl groups is 2. The number of amides is 4. The van der Waals surface area contributed by atoms with E-state index >= 15 is 0 Å². The molecule has 0 spiro atoms. The second-order valence-electron chi connectivity index (χ2n) is 9.27. The number of phenols is 1. The SMILES string of the molecule is NC(=O)OCC1=C(C(=O)O)N2C(=O)C(NC(=O)C(NC(=O)c3cnc4cccnc4c3O)c3ccc(O)c(Cl)c3)[C@@H]2SC1. The zero-order valence-corrected chi connectivity index (χ0v) is 23.3. The van der Waals surface area contributed by atoms with Gasteiger partial charge >= 0.3 is 12.1 Å². The molecule has 15 nitrogen and oxygen atoms in total. The van der Waals surface area contributed by atoms with E-state index in [-0.39, 0.29) is 44.4 Å². The molecule has 2 aliphatic heterocycles. The number of carbonyl (C=O) groups is 5. The normalized spacial score (nSPS) is 18.3. The van der Waals surface area contributed by atoms with Gasteiger partial charge in [-0.2, -0.15) is 0 Å². The number of ether oxygens (including phenoxy) is 1. The van der Waals surface area contributed by atoms with Crippen molar-refractivity contribution in [2.75, 3.05) is 12.4 Å². The van der Waals surface area contributed by atoms with Gasteiger partial charge in [0.15, 0.2) is 5.75 Å². The molecule has 17 heteroatoms. The number of carboxylic acid groups (broad SMARTS) is 1. The fourth-order valence-electron chi connectivity index (χ4n) is 4.57. The van der Waals surface area contributed by atoms with E-state index in [2.05, 4.69) is 20.6 Å². The maximum atomic E-state index is 13.6. The van der Waals surface area contributed by atoms with E-state index in [1.807, 2.05) is 0 Å². The molecule has 1 aromatic carbocycles. The highest BCUT2D eigenvalue weighted by Gasteiger charge is 2.54. The summed E-state index contributed by atoms with van der Waals surface area (Å²) >= 11 is 7.17. The molecule has 4 amide bonds. The summed E-state index contributed by atoms with van der Waals surface area (Å²) in [6.45, 7) is -0.431. The number of hydrogen-bond donors (Lipinski definition) is 6. The zero-order chi connectivity index (χ0) is 31.0. The van der Waals surface area contributed by atoms with E-state index in [1.54, 1.807) is 12.1 Å². The Bertz CT molecular complexity index is 1730. The molecule has 43 heavy (non-hydrogen) atoms. The largest absolute Gasteiger partial charge is 0.506 e. The van der Waals surface area contributed by atoms with Crippen molar-refractivity contribution in [2.24, 2.45) is 5.73 Å². The molecule has 222 valence electrons. The average Bonchev–Trinajstić information content (AvgIpc) is 2.98. The minimum absolute atomic E-state index is 0.0567. The number of carboxylic acids is 1. The van der Waals surface area contributed by atoms with Crippen LogP contribution < -0.4 is 16.4 Å². The molecule has 7 N–H and O–H groups in total. The van der Waals surface area contributed by atoms with Crippen LogP contribution in [0.5, 0.6) is 11.5 Å². The van der Waals surface area contributed by atoms with Crippen molar-refractivity contribution in [2.45, 2.75) is 17.5 Å². The summed E-state index contributed by atoms with van der Waals surface area (Å²) in [7, 11) is 0. The molecule has 3 atom stereocenters. The number of primary amides is 1. The first kappa shape index (κ1) is 29.4. The average molecular weight is 629 g/mol. The highest BCUT2D eigenvalue weighted by atomic mass is 35.5. The summed E-state index contributed by atoms with van der Waals surface area (Å²) in [6, 6.07) is 4.28. The number of aliphatic carboxylic acids is 1. The molecule has 2 aliphatic rings. The Hall–Kier alpha value is -5.09. The second kappa shape index (κ2) is 11.7. The van der Waals surface area contributed by atoms with Gasteiger partial charge in [-0.1, -0.05) is 17.7 Å². The maximum Gasteiger partial charge on any atom is 0.404 e. The lowest BCUT2D eigenvalue weighted by molar-refractivity contribution is -0.151. The number of rotatable bonds is 8. The van der Waals surface area contributed by atoms with E-state index in [0.717, 1.165) is 22.9 Å². The van der Waals surface area contributed by atoms with E-state index < -0.39 is 59.6 Å². The highest BCUT2D eigenvalue weighted by Crippen LogP contribution is 2.40. The number of carbonyl (C=O) groups excluding carboxylic acids is 4. The lowest BCUT2D eigenvalue weighted by atomic mass is 10.0. The van der Waals surface area contributed by atoms with Gasteiger partial charge in [-0.3, -0.25) is 29.3 Å². The first-order valence-corrected chi connectivity index (χ1v) is 13.7.